The highest BCUT2D eigenvalue weighted by Crippen LogP contribution is 2.41. The monoisotopic (exact) mass is 581 g/mol. The number of carbonyl (C=O) groups excluding carboxylic acids is 2. The number of aromatic amines is 1. The molecule has 2 aliphatic rings. The highest BCUT2D eigenvalue weighted by molar-refractivity contribution is 5.91. The van der Waals surface area contributed by atoms with Crippen LogP contribution in [0.15, 0.2) is 24.5 Å². The Kier molecular flexibility index (Phi) is 8.28. The molecule has 41 heavy (non-hydrogen) atoms. The lowest BCUT2D eigenvalue weighted by molar-refractivity contribution is -0.129. The van der Waals surface area contributed by atoms with Crippen LogP contribution in [0.5, 0.6) is 0 Å². The number of hydrogen-bond donors (Lipinski definition) is 3. The predicted molar refractivity (Wildman–Crippen MR) is 138 cm³/mol. The van der Waals surface area contributed by atoms with Crippen LogP contribution in [0.2, 0.25) is 0 Å². The average molecular weight is 582 g/mol. The van der Waals surface area contributed by atoms with E-state index < -0.39 is 48.8 Å². The van der Waals surface area contributed by atoms with Crippen molar-refractivity contribution in [1.29, 1.82) is 0 Å². The maximum absolute atomic E-state index is 14.0. The SMILES string of the molecule is C[C@@H](NC(=O)C(F)C(F)CF)c1ccc2nc([C@@H](NC(=O)c3ncnn3CC3CC3)C3CCC(F)(F)CC3)[nH]c2c1. The van der Waals surface area contributed by atoms with Gasteiger partial charge in [0.1, 0.15) is 18.8 Å². The molecule has 0 aliphatic heterocycles. The first-order chi connectivity index (χ1) is 19.5. The molecule has 3 N–H and O–H groups in total. The summed E-state index contributed by atoms with van der Waals surface area (Å²) in [4.78, 5) is 37.2. The van der Waals surface area contributed by atoms with Crippen LogP contribution in [0.4, 0.5) is 22.0 Å². The fourth-order valence-electron chi connectivity index (χ4n) is 5.21. The van der Waals surface area contributed by atoms with Crippen LogP contribution in [0.25, 0.3) is 11.0 Å². The number of alkyl halides is 5. The molecule has 2 fully saturated rings. The third-order valence-corrected chi connectivity index (χ3v) is 7.86. The summed E-state index contributed by atoms with van der Waals surface area (Å²) < 4.78 is 69.0. The number of nitrogens with zero attached hydrogens (tertiary/aromatic N) is 4. The Morgan fingerprint density at radius 3 is 2.56 bits per heavy atom. The van der Waals surface area contributed by atoms with Gasteiger partial charge in [0.25, 0.3) is 11.8 Å². The van der Waals surface area contributed by atoms with Crippen LogP contribution in [0.3, 0.4) is 0 Å². The van der Waals surface area contributed by atoms with Crippen LogP contribution in [0.1, 0.15) is 79.5 Å². The van der Waals surface area contributed by atoms with Gasteiger partial charge < -0.3 is 15.6 Å². The van der Waals surface area contributed by atoms with E-state index in [0.717, 1.165) is 12.8 Å². The molecule has 0 bridgehead atoms. The number of amides is 2. The Labute approximate surface area is 232 Å². The first-order valence-electron chi connectivity index (χ1n) is 13.7. The molecule has 2 unspecified atom stereocenters. The number of imidazole rings is 1. The van der Waals surface area contributed by atoms with Gasteiger partial charge in [0.05, 0.1) is 23.1 Å². The normalized spacial score (nSPS) is 20.3. The van der Waals surface area contributed by atoms with Crippen molar-refractivity contribution in [1.82, 2.24) is 35.4 Å². The van der Waals surface area contributed by atoms with Crippen molar-refractivity contribution in [2.45, 2.75) is 82.3 Å². The predicted octanol–water partition coefficient (Wildman–Crippen LogP) is 4.68. The molecule has 4 atom stereocenters. The maximum Gasteiger partial charge on any atom is 0.289 e. The number of H-pyrrole nitrogens is 1. The Hall–Kier alpha value is -3.58. The highest BCUT2D eigenvalue weighted by Gasteiger charge is 2.40. The summed E-state index contributed by atoms with van der Waals surface area (Å²) >= 11 is 0. The number of rotatable bonds is 11. The molecule has 0 radical (unpaired) electrons. The summed E-state index contributed by atoms with van der Waals surface area (Å²) in [6, 6.07) is 3.50. The lowest BCUT2D eigenvalue weighted by Crippen LogP contribution is -2.39. The minimum Gasteiger partial charge on any atom is -0.347 e. The van der Waals surface area contributed by atoms with E-state index in [4.69, 9.17) is 0 Å². The van der Waals surface area contributed by atoms with Gasteiger partial charge in [-0.25, -0.2) is 36.6 Å². The van der Waals surface area contributed by atoms with E-state index >= 15 is 0 Å². The van der Waals surface area contributed by atoms with Gasteiger partial charge in [-0.3, -0.25) is 9.59 Å². The van der Waals surface area contributed by atoms with Crippen molar-refractivity contribution in [3.63, 3.8) is 0 Å². The van der Waals surface area contributed by atoms with E-state index in [9.17, 15) is 31.5 Å². The molecule has 2 aliphatic carbocycles. The molecular weight excluding hydrogens is 549 g/mol. The minimum absolute atomic E-state index is 0.139. The van der Waals surface area contributed by atoms with Crippen molar-refractivity contribution < 1.29 is 31.5 Å². The Balaban J connectivity index is 1.37. The van der Waals surface area contributed by atoms with Crippen LogP contribution in [-0.2, 0) is 11.3 Å². The quantitative estimate of drug-likeness (QED) is 0.284. The van der Waals surface area contributed by atoms with Crippen molar-refractivity contribution in [3.05, 3.63) is 41.7 Å². The van der Waals surface area contributed by atoms with E-state index in [0.29, 0.717) is 34.9 Å². The van der Waals surface area contributed by atoms with Crippen LogP contribution >= 0.6 is 0 Å². The van der Waals surface area contributed by atoms with E-state index in [2.05, 4.69) is 30.7 Å². The number of carbonyl (C=O) groups is 2. The fourth-order valence-corrected chi connectivity index (χ4v) is 5.21. The molecule has 5 rings (SSSR count). The lowest BCUT2D eigenvalue weighted by Gasteiger charge is -2.33. The number of aromatic nitrogens is 5. The zero-order chi connectivity index (χ0) is 29.3. The van der Waals surface area contributed by atoms with E-state index in [1.54, 1.807) is 29.8 Å². The summed E-state index contributed by atoms with van der Waals surface area (Å²) in [5.74, 6) is -3.86. The van der Waals surface area contributed by atoms with Crippen molar-refractivity contribution in [2.75, 3.05) is 6.67 Å². The molecule has 2 heterocycles. The zero-order valence-electron chi connectivity index (χ0n) is 22.4. The van der Waals surface area contributed by atoms with Crippen molar-refractivity contribution in [2.24, 2.45) is 11.8 Å². The lowest BCUT2D eigenvalue weighted by atomic mass is 9.81. The van der Waals surface area contributed by atoms with E-state index in [1.165, 1.54) is 6.33 Å². The van der Waals surface area contributed by atoms with Gasteiger partial charge >= 0.3 is 0 Å². The summed E-state index contributed by atoms with van der Waals surface area (Å²) in [5, 5.41) is 9.45. The Bertz CT molecular complexity index is 1380. The highest BCUT2D eigenvalue weighted by atomic mass is 19.3. The molecular formula is C27H32F5N7O2. The van der Waals surface area contributed by atoms with E-state index in [1.807, 2.05) is 0 Å². The van der Waals surface area contributed by atoms with Gasteiger partial charge in [0, 0.05) is 19.4 Å². The molecule has 0 saturated heterocycles. The van der Waals surface area contributed by atoms with Crippen LogP contribution in [0, 0.1) is 11.8 Å². The summed E-state index contributed by atoms with van der Waals surface area (Å²) in [6.07, 6.45) is -2.00. The standard InChI is InChI=1S/C27H32F5N7O2/c1-14(35-25(40)21(30)18(29)11-28)17-4-5-19-20(10-17)37-23(36-19)22(16-6-8-27(31,32)9-7-16)38-26(41)24-33-13-34-39(24)12-15-2-3-15/h4-5,10,13-16,18,21-22H,2-3,6-9,11-12H2,1H3,(H,35,40)(H,36,37)(H,38,41)/t14-,18?,21?,22+/m1/s1. The first-order valence-corrected chi connectivity index (χ1v) is 13.7. The largest absolute Gasteiger partial charge is 0.347 e. The maximum atomic E-state index is 14.0. The second-order valence-corrected chi connectivity index (χ2v) is 11.1. The number of fused-ring (bicyclic) bond motifs is 1. The third-order valence-electron chi connectivity index (χ3n) is 7.86. The van der Waals surface area contributed by atoms with Crippen molar-refractivity contribution in [3.8, 4) is 0 Å². The summed E-state index contributed by atoms with van der Waals surface area (Å²) in [5.41, 5.74) is 1.58. The number of nitrogens with one attached hydrogen (secondary N) is 3. The molecule has 2 saturated carbocycles. The second kappa shape index (κ2) is 11.7. The van der Waals surface area contributed by atoms with Gasteiger partial charge in [-0.2, -0.15) is 5.10 Å². The van der Waals surface area contributed by atoms with Crippen LogP contribution < -0.4 is 10.6 Å². The minimum atomic E-state index is -2.76. The Morgan fingerprint density at radius 1 is 1.15 bits per heavy atom. The molecule has 14 heteroatoms. The van der Waals surface area contributed by atoms with E-state index in [-0.39, 0.29) is 37.4 Å². The van der Waals surface area contributed by atoms with Crippen molar-refractivity contribution >= 4 is 22.8 Å². The number of hydrogen-bond acceptors (Lipinski definition) is 5. The Morgan fingerprint density at radius 2 is 1.88 bits per heavy atom. The molecule has 9 nitrogen and oxygen atoms in total. The smallest absolute Gasteiger partial charge is 0.289 e. The topological polar surface area (TPSA) is 118 Å². The molecule has 0 spiro atoms. The summed E-state index contributed by atoms with van der Waals surface area (Å²) in [7, 11) is 0. The second-order valence-electron chi connectivity index (χ2n) is 11.1. The number of halogens is 5. The molecule has 2 aromatic heterocycles. The summed E-state index contributed by atoms with van der Waals surface area (Å²) in [6.45, 7) is 0.532. The number of benzene rings is 1. The van der Waals surface area contributed by atoms with Gasteiger partial charge in [-0.1, -0.05) is 6.07 Å². The molecule has 222 valence electrons. The van der Waals surface area contributed by atoms with Gasteiger partial charge in [0.15, 0.2) is 6.17 Å². The third kappa shape index (κ3) is 6.67. The zero-order valence-corrected chi connectivity index (χ0v) is 22.4. The van der Waals surface area contributed by atoms with Gasteiger partial charge in [0.2, 0.25) is 17.9 Å². The van der Waals surface area contributed by atoms with Gasteiger partial charge in [-0.05, 0) is 62.1 Å². The fraction of sp³-hybridized carbons (Fsp3) is 0.593. The molecule has 3 aromatic rings. The first kappa shape index (κ1) is 28.9. The molecule has 1 aromatic carbocycles. The molecule has 2 amide bonds. The van der Waals surface area contributed by atoms with Crippen LogP contribution in [-0.4, -0.2) is 61.5 Å². The average Bonchev–Trinajstić information content (AvgIpc) is 3.47. The van der Waals surface area contributed by atoms with Gasteiger partial charge in [-0.15, -0.1) is 0 Å².